The second kappa shape index (κ2) is 6.38. The molecule has 2 rings (SSSR count). The van der Waals surface area contributed by atoms with Gasteiger partial charge in [-0.3, -0.25) is 19.8 Å². The SMILES string of the molecule is COC(=O)C1CC(O)CN1Cc1cc(Cl)ccc1[N+](=O)[O-]. The zero-order valence-electron chi connectivity index (χ0n) is 11.4. The van der Waals surface area contributed by atoms with Gasteiger partial charge >= 0.3 is 5.97 Å². The van der Waals surface area contributed by atoms with Crippen LogP contribution in [0.3, 0.4) is 0 Å². The number of esters is 1. The number of hydrogen-bond donors (Lipinski definition) is 1. The number of hydrogen-bond acceptors (Lipinski definition) is 6. The Balaban J connectivity index is 2.26. The van der Waals surface area contributed by atoms with Crippen molar-refractivity contribution >= 4 is 23.3 Å². The van der Waals surface area contributed by atoms with Gasteiger partial charge in [-0.1, -0.05) is 11.6 Å². The molecule has 114 valence electrons. The molecule has 0 saturated carbocycles. The van der Waals surface area contributed by atoms with Crippen molar-refractivity contribution in [1.82, 2.24) is 4.90 Å². The van der Waals surface area contributed by atoms with Gasteiger partial charge in [0.25, 0.3) is 5.69 Å². The number of nitrogens with zero attached hydrogens (tertiary/aromatic N) is 2. The molecule has 1 aliphatic rings. The summed E-state index contributed by atoms with van der Waals surface area (Å²) in [5.41, 5.74) is 0.333. The number of nitro benzene ring substituents is 1. The highest BCUT2D eigenvalue weighted by molar-refractivity contribution is 6.30. The fourth-order valence-electron chi connectivity index (χ4n) is 2.51. The standard InChI is InChI=1S/C13H15ClN2O5/c1-21-13(18)12-5-10(17)7-15(12)6-8-4-9(14)2-3-11(8)16(19)20/h2-4,10,12,17H,5-7H2,1H3. The zero-order valence-corrected chi connectivity index (χ0v) is 12.1. The first-order valence-electron chi connectivity index (χ1n) is 6.35. The van der Waals surface area contributed by atoms with E-state index in [4.69, 9.17) is 16.3 Å². The molecule has 1 N–H and O–H groups in total. The summed E-state index contributed by atoms with van der Waals surface area (Å²) in [5, 5.41) is 21.1. The van der Waals surface area contributed by atoms with Gasteiger partial charge in [0.05, 0.1) is 18.1 Å². The summed E-state index contributed by atoms with van der Waals surface area (Å²) >= 11 is 5.88. The lowest BCUT2D eigenvalue weighted by Crippen LogP contribution is -2.36. The number of ether oxygens (including phenoxy) is 1. The number of aliphatic hydroxyl groups is 1. The van der Waals surface area contributed by atoms with Crippen LogP contribution in [0.5, 0.6) is 0 Å². The van der Waals surface area contributed by atoms with Crippen molar-refractivity contribution in [1.29, 1.82) is 0 Å². The van der Waals surface area contributed by atoms with Crippen LogP contribution in [0.2, 0.25) is 5.02 Å². The van der Waals surface area contributed by atoms with Gasteiger partial charge in [-0.2, -0.15) is 0 Å². The first-order valence-corrected chi connectivity index (χ1v) is 6.73. The molecule has 0 amide bonds. The molecule has 1 saturated heterocycles. The van der Waals surface area contributed by atoms with E-state index >= 15 is 0 Å². The van der Waals surface area contributed by atoms with E-state index in [9.17, 15) is 20.0 Å². The van der Waals surface area contributed by atoms with Crippen molar-refractivity contribution in [2.45, 2.75) is 25.1 Å². The first kappa shape index (κ1) is 15.7. The molecule has 1 aromatic rings. The summed E-state index contributed by atoms with van der Waals surface area (Å²) in [7, 11) is 1.27. The molecule has 8 heteroatoms. The van der Waals surface area contributed by atoms with Gasteiger partial charge in [-0.05, 0) is 12.1 Å². The van der Waals surface area contributed by atoms with E-state index in [1.165, 1.54) is 25.3 Å². The minimum absolute atomic E-state index is 0.0654. The Morgan fingerprint density at radius 2 is 2.33 bits per heavy atom. The summed E-state index contributed by atoms with van der Waals surface area (Å²) in [6, 6.07) is 3.67. The average molecular weight is 315 g/mol. The molecule has 0 spiro atoms. The van der Waals surface area contributed by atoms with Gasteiger partial charge in [0.2, 0.25) is 0 Å². The smallest absolute Gasteiger partial charge is 0.323 e. The van der Waals surface area contributed by atoms with Crippen LogP contribution in [0.15, 0.2) is 18.2 Å². The molecule has 1 aliphatic heterocycles. The number of nitro groups is 1. The van der Waals surface area contributed by atoms with Crippen molar-refractivity contribution in [3.05, 3.63) is 38.9 Å². The summed E-state index contributed by atoms with van der Waals surface area (Å²) in [6.45, 7) is 0.400. The van der Waals surface area contributed by atoms with E-state index in [-0.39, 0.29) is 25.2 Å². The van der Waals surface area contributed by atoms with Crippen LogP contribution < -0.4 is 0 Å². The van der Waals surface area contributed by atoms with Gasteiger partial charge in [0.1, 0.15) is 6.04 Å². The Morgan fingerprint density at radius 3 is 2.95 bits per heavy atom. The fraction of sp³-hybridized carbons (Fsp3) is 0.462. The average Bonchev–Trinajstić information content (AvgIpc) is 2.78. The van der Waals surface area contributed by atoms with E-state index < -0.39 is 23.0 Å². The van der Waals surface area contributed by atoms with E-state index in [0.717, 1.165) is 0 Å². The van der Waals surface area contributed by atoms with E-state index in [1.807, 2.05) is 0 Å². The zero-order chi connectivity index (χ0) is 15.6. The Hall–Kier alpha value is -1.70. The molecule has 0 aromatic heterocycles. The maximum Gasteiger partial charge on any atom is 0.323 e. The quantitative estimate of drug-likeness (QED) is 0.512. The van der Waals surface area contributed by atoms with Gasteiger partial charge < -0.3 is 9.84 Å². The molecule has 2 atom stereocenters. The summed E-state index contributed by atoms with van der Waals surface area (Å²) in [6.07, 6.45) is -0.409. The summed E-state index contributed by atoms with van der Waals surface area (Å²) in [4.78, 5) is 23.9. The lowest BCUT2D eigenvalue weighted by molar-refractivity contribution is -0.385. The predicted molar refractivity (Wildman–Crippen MR) is 74.9 cm³/mol. The van der Waals surface area contributed by atoms with E-state index in [2.05, 4.69) is 0 Å². The number of β-amino-alcohol motifs (C(OH)–C–C–N with tert-alkyl or cyclic N) is 1. The number of carbonyl (C=O) groups is 1. The second-order valence-electron chi connectivity index (χ2n) is 4.89. The fourth-order valence-corrected chi connectivity index (χ4v) is 2.71. The van der Waals surface area contributed by atoms with Gasteiger partial charge in [0.15, 0.2) is 0 Å². The number of carbonyl (C=O) groups excluding carboxylic acids is 1. The molecule has 0 aliphatic carbocycles. The third-order valence-electron chi connectivity index (χ3n) is 3.47. The molecule has 1 heterocycles. The number of methoxy groups -OCH3 is 1. The number of rotatable bonds is 4. The topological polar surface area (TPSA) is 92.9 Å². The number of likely N-dealkylation sites (tertiary alicyclic amines) is 1. The lowest BCUT2D eigenvalue weighted by atomic mass is 10.1. The molecule has 0 bridgehead atoms. The van der Waals surface area contributed by atoms with Crippen LogP contribution in [-0.2, 0) is 16.1 Å². The van der Waals surface area contributed by atoms with Crippen molar-refractivity contribution in [3.8, 4) is 0 Å². The van der Waals surface area contributed by atoms with E-state index in [1.54, 1.807) is 4.90 Å². The highest BCUT2D eigenvalue weighted by Crippen LogP contribution is 2.28. The number of halogens is 1. The second-order valence-corrected chi connectivity index (χ2v) is 5.32. The van der Waals surface area contributed by atoms with Crippen molar-refractivity contribution in [2.24, 2.45) is 0 Å². The molecular formula is C13H15ClN2O5. The van der Waals surface area contributed by atoms with Crippen LogP contribution in [-0.4, -0.2) is 46.7 Å². The minimum Gasteiger partial charge on any atom is -0.468 e. The highest BCUT2D eigenvalue weighted by atomic mass is 35.5. The summed E-state index contributed by atoms with van der Waals surface area (Å²) in [5.74, 6) is -0.462. The van der Waals surface area contributed by atoms with Crippen LogP contribution in [0.1, 0.15) is 12.0 Å². The molecule has 2 unspecified atom stereocenters. The van der Waals surface area contributed by atoms with Crippen LogP contribution >= 0.6 is 11.6 Å². The van der Waals surface area contributed by atoms with Crippen molar-refractivity contribution < 1.29 is 19.6 Å². The van der Waals surface area contributed by atoms with Crippen LogP contribution in [0.25, 0.3) is 0 Å². The normalized spacial score (nSPS) is 22.2. The molecular weight excluding hydrogens is 300 g/mol. The molecule has 21 heavy (non-hydrogen) atoms. The predicted octanol–water partition coefficient (Wildman–Crippen LogP) is 1.36. The Bertz CT molecular complexity index is 565. The van der Waals surface area contributed by atoms with Crippen molar-refractivity contribution in [3.63, 3.8) is 0 Å². The Morgan fingerprint density at radius 1 is 1.62 bits per heavy atom. The molecule has 0 radical (unpaired) electrons. The van der Waals surface area contributed by atoms with Gasteiger partial charge in [-0.15, -0.1) is 0 Å². The minimum atomic E-state index is -0.660. The number of benzene rings is 1. The maximum absolute atomic E-state index is 11.7. The molecule has 7 nitrogen and oxygen atoms in total. The van der Waals surface area contributed by atoms with Crippen LogP contribution in [0, 0.1) is 10.1 Å². The highest BCUT2D eigenvalue weighted by Gasteiger charge is 2.37. The summed E-state index contributed by atoms with van der Waals surface area (Å²) < 4.78 is 4.70. The molecule has 1 aromatic carbocycles. The van der Waals surface area contributed by atoms with Crippen LogP contribution in [0.4, 0.5) is 5.69 Å². The Kier molecular flexibility index (Phi) is 4.76. The van der Waals surface area contributed by atoms with Gasteiger partial charge in [-0.25, -0.2) is 0 Å². The van der Waals surface area contributed by atoms with Gasteiger partial charge in [0, 0.05) is 36.2 Å². The largest absolute Gasteiger partial charge is 0.468 e. The molecule has 1 fully saturated rings. The van der Waals surface area contributed by atoms with Crippen molar-refractivity contribution in [2.75, 3.05) is 13.7 Å². The Labute approximate surface area is 126 Å². The lowest BCUT2D eigenvalue weighted by Gasteiger charge is -2.21. The third kappa shape index (κ3) is 3.49. The first-order chi connectivity index (χ1) is 9.92. The maximum atomic E-state index is 11.7. The van der Waals surface area contributed by atoms with E-state index in [0.29, 0.717) is 10.6 Å². The third-order valence-corrected chi connectivity index (χ3v) is 3.70. The monoisotopic (exact) mass is 314 g/mol. The number of aliphatic hydroxyl groups excluding tert-OH is 1.